The number of rotatable bonds is 0. The lowest BCUT2D eigenvalue weighted by Crippen LogP contribution is -2.42. The molecule has 2 aromatic rings. The predicted octanol–water partition coefficient (Wildman–Crippen LogP) is 3.27. The van der Waals surface area contributed by atoms with Gasteiger partial charge in [-0.15, -0.1) is 0 Å². The van der Waals surface area contributed by atoms with Crippen LogP contribution in [0.4, 0.5) is 11.4 Å². The zero-order valence-corrected chi connectivity index (χ0v) is 11.5. The van der Waals surface area contributed by atoms with Crippen molar-refractivity contribution >= 4 is 22.3 Å². The number of benzene rings is 1. The Balaban J connectivity index is 1.70. The molecule has 3 heteroatoms. The largest absolute Gasteiger partial charge is 0.380 e. The van der Waals surface area contributed by atoms with Gasteiger partial charge in [0.1, 0.15) is 0 Å². The van der Waals surface area contributed by atoms with Crippen LogP contribution in [-0.4, -0.2) is 24.1 Å². The number of pyridine rings is 1. The summed E-state index contributed by atoms with van der Waals surface area (Å²) < 4.78 is 0. The summed E-state index contributed by atoms with van der Waals surface area (Å²) in [5.74, 6) is 1.82. The molecular weight excluding hydrogens is 246 g/mol. The molecule has 102 valence electrons. The zero-order chi connectivity index (χ0) is 13.1. The van der Waals surface area contributed by atoms with Gasteiger partial charge in [0, 0.05) is 24.5 Å². The lowest BCUT2D eigenvalue weighted by Gasteiger charge is -2.37. The number of fused-ring (bicyclic) bond motifs is 7. The topological polar surface area (TPSA) is 28.2 Å². The summed E-state index contributed by atoms with van der Waals surface area (Å²) in [7, 11) is 0. The van der Waals surface area contributed by atoms with Gasteiger partial charge < -0.3 is 10.2 Å². The van der Waals surface area contributed by atoms with Gasteiger partial charge in [-0.05, 0) is 30.7 Å². The maximum absolute atomic E-state index is 4.59. The van der Waals surface area contributed by atoms with Crippen LogP contribution in [0.15, 0.2) is 30.5 Å². The van der Waals surface area contributed by atoms with Gasteiger partial charge in [-0.3, -0.25) is 4.98 Å². The molecule has 1 saturated heterocycles. The first kappa shape index (κ1) is 11.0. The van der Waals surface area contributed by atoms with Crippen LogP contribution in [0.5, 0.6) is 0 Å². The van der Waals surface area contributed by atoms with Crippen molar-refractivity contribution < 1.29 is 0 Å². The summed E-state index contributed by atoms with van der Waals surface area (Å²) in [5.41, 5.74) is 3.74. The standard InChI is InChI=1S/C17H19N3/c1-2-7-14-13(5-1)17-15(8-18-14)19-9-16-12-6-3-4-11(12)10-20(16)17/h1-2,5,7-8,11-12,16,19H,3-4,6,9-10H2. The number of aromatic nitrogens is 1. The van der Waals surface area contributed by atoms with Crippen LogP contribution in [0, 0.1) is 11.8 Å². The SMILES string of the molecule is c1ccc2c3c(cnc2c1)NCC1C2CCCC2CN31. The highest BCUT2D eigenvalue weighted by molar-refractivity contribution is 5.99. The van der Waals surface area contributed by atoms with E-state index in [1.807, 2.05) is 6.20 Å². The van der Waals surface area contributed by atoms with E-state index >= 15 is 0 Å². The Morgan fingerprint density at radius 1 is 1.20 bits per heavy atom. The molecule has 1 N–H and O–H groups in total. The zero-order valence-electron chi connectivity index (χ0n) is 11.5. The number of hydrogen-bond acceptors (Lipinski definition) is 3. The van der Waals surface area contributed by atoms with Crippen LogP contribution in [0.1, 0.15) is 19.3 Å². The highest BCUT2D eigenvalue weighted by atomic mass is 15.3. The Hall–Kier alpha value is -1.77. The fourth-order valence-corrected chi connectivity index (χ4v) is 4.72. The van der Waals surface area contributed by atoms with Gasteiger partial charge in [0.05, 0.1) is 23.1 Å². The molecule has 1 aromatic carbocycles. The maximum Gasteiger partial charge on any atom is 0.0772 e. The van der Waals surface area contributed by atoms with Crippen LogP contribution in [0.25, 0.3) is 10.9 Å². The molecule has 2 fully saturated rings. The van der Waals surface area contributed by atoms with Crippen molar-refractivity contribution in [3.05, 3.63) is 30.5 Å². The smallest absolute Gasteiger partial charge is 0.0772 e. The first-order chi connectivity index (χ1) is 9.92. The first-order valence-electron chi connectivity index (χ1n) is 7.80. The van der Waals surface area contributed by atoms with Gasteiger partial charge in [0.15, 0.2) is 0 Å². The second kappa shape index (κ2) is 3.87. The Morgan fingerprint density at radius 2 is 2.15 bits per heavy atom. The molecule has 3 heterocycles. The second-order valence-electron chi connectivity index (χ2n) is 6.49. The second-order valence-corrected chi connectivity index (χ2v) is 6.49. The Labute approximate surface area is 119 Å². The third-order valence-electron chi connectivity index (χ3n) is 5.58. The third kappa shape index (κ3) is 1.33. The summed E-state index contributed by atoms with van der Waals surface area (Å²) in [6.45, 7) is 2.34. The summed E-state index contributed by atoms with van der Waals surface area (Å²) in [5, 5.41) is 4.94. The minimum absolute atomic E-state index is 0.695. The summed E-state index contributed by atoms with van der Waals surface area (Å²) in [6.07, 6.45) is 6.30. The monoisotopic (exact) mass is 265 g/mol. The number of nitrogens with zero attached hydrogens (tertiary/aromatic N) is 2. The van der Waals surface area contributed by atoms with Gasteiger partial charge in [-0.1, -0.05) is 24.6 Å². The average Bonchev–Trinajstić information content (AvgIpc) is 3.07. The van der Waals surface area contributed by atoms with Crippen LogP contribution >= 0.6 is 0 Å². The Bertz CT molecular complexity index is 681. The third-order valence-corrected chi connectivity index (χ3v) is 5.58. The van der Waals surface area contributed by atoms with Crippen molar-refractivity contribution in [2.75, 3.05) is 23.3 Å². The fourth-order valence-electron chi connectivity index (χ4n) is 4.72. The molecule has 1 aliphatic carbocycles. The van der Waals surface area contributed by atoms with Gasteiger partial charge in [0.2, 0.25) is 0 Å². The molecule has 1 saturated carbocycles. The van der Waals surface area contributed by atoms with Crippen LogP contribution < -0.4 is 10.2 Å². The molecule has 3 nitrogen and oxygen atoms in total. The fraction of sp³-hybridized carbons (Fsp3) is 0.471. The molecule has 3 unspecified atom stereocenters. The van der Waals surface area contributed by atoms with E-state index in [0.29, 0.717) is 6.04 Å². The average molecular weight is 265 g/mol. The van der Waals surface area contributed by atoms with Crippen molar-refractivity contribution in [2.45, 2.75) is 25.3 Å². The molecule has 20 heavy (non-hydrogen) atoms. The molecule has 0 amide bonds. The lowest BCUT2D eigenvalue weighted by molar-refractivity contribution is 0.429. The molecule has 3 atom stereocenters. The van der Waals surface area contributed by atoms with E-state index in [-0.39, 0.29) is 0 Å². The van der Waals surface area contributed by atoms with Crippen molar-refractivity contribution in [3.63, 3.8) is 0 Å². The summed E-state index contributed by atoms with van der Waals surface area (Å²) in [6, 6.07) is 9.25. The number of nitrogens with one attached hydrogen (secondary N) is 1. The van der Waals surface area contributed by atoms with E-state index in [1.54, 1.807) is 0 Å². The highest BCUT2D eigenvalue weighted by Gasteiger charge is 2.46. The minimum Gasteiger partial charge on any atom is -0.380 e. The van der Waals surface area contributed by atoms with Gasteiger partial charge in [0.25, 0.3) is 0 Å². The van der Waals surface area contributed by atoms with Crippen molar-refractivity contribution in [1.82, 2.24) is 4.98 Å². The van der Waals surface area contributed by atoms with Crippen molar-refractivity contribution in [2.24, 2.45) is 11.8 Å². The summed E-state index contributed by atoms with van der Waals surface area (Å²) >= 11 is 0. The molecule has 0 bridgehead atoms. The van der Waals surface area contributed by atoms with E-state index in [0.717, 1.165) is 23.9 Å². The normalized spacial score (nSPS) is 30.8. The van der Waals surface area contributed by atoms with Crippen molar-refractivity contribution in [3.8, 4) is 0 Å². The molecule has 3 aliphatic rings. The van der Waals surface area contributed by atoms with Crippen LogP contribution in [0.2, 0.25) is 0 Å². The molecule has 2 aliphatic heterocycles. The molecule has 5 rings (SSSR count). The highest BCUT2D eigenvalue weighted by Crippen LogP contribution is 2.48. The van der Waals surface area contributed by atoms with Gasteiger partial charge in [-0.2, -0.15) is 0 Å². The molecular formula is C17H19N3. The predicted molar refractivity (Wildman–Crippen MR) is 82.2 cm³/mol. The van der Waals surface area contributed by atoms with Gasteiger partial charge in [-0.25, -0.2) is 0 Å². The van der Waals surface area contributed by atoms with Gasteiger partial charge >= 0.3 is 0 Å². The molecule has 0 radical (unpaired) electrons. The Kier molecular flexibility index (Phi) is 2.12. The number of anilines is 2. The van der Waals surface area contributed by atoms with E-state index < -0.39 is 0 Å². The minimum atomic E-state index is 0.695. The van der Waals surface area contributed by atoms with E-state index in [1.165, 1.54) is 42.6 Å². The first-order valence-corrected chi connectivity index (χ1v) is 7.80. The maximum atomic E-state index is 4.59. The quantitative estimate of drug-likeness (QED) is 0.792. The lowest BCUT2D eigenvalue weighted by atomic mass is 9.93. The number of hydrogen-bond donors (Lipinski definition) is 1. The van der Waals surface area contributed by atoms with E-state index in [9.17, 15) is 0 Å². The van der Waals surface area contributed by atoms with Crippen molar-refractivity contribution in [1.29, 1.82) is 0 Å². The number of para-hydroxylation sites is 1. The van der Waals surface area contributed by atoms with Crippen LogP contribution in [0.3, 0.4) is 0 Å². The Morgan fingerprint density at radius 3 is 3.15 bits per heavy atom. The van der Waals surface area contributed by atoms with E-state index in [2.05, 4.69) is 39.5 Å². The molecule has 1 aromatic heterocycles. The van der Waals surface area contributed by atoms with E-state index in [4.69, 9.17) is 0 Å². The molecule has 0 spiro atoms. The van der Waals surface area contributed by atoms with Crippen LogP contribution in [-0.2, 0) is 0 Å². The summed E-state index contributed by atoms with van der Waals surface area (Å²) in [4.78, 5) is 7.28.